The Balaban J connectivity index is 1.70. The highest BCUT2D eigenvalue weighted by molar-refractivity contribution is 5.98. The molecule has 8 nitrogen and oxygen atoms in total. The minimum atomic E-state index is -1.11. The van der Waals surface area contributed by atoms with Crippen LogP contribution in [0.15, 0.2) is 12.7 Å². The number of fused-ring (bicyclic) bond motifs is 1. The molecule has 1 saturated carbocycles. The lowest BCUT2D eigenvalue weighted by Crippen LogP contribution is -2.58. The fourth-order valence-electron chi connectivity index (χ4n) is 7.49. The number of nitrogens with zero attached hydrogens (tertiary/aromatic N) is 2. The van der Waals surface area contributed by atoms with Gasteiger partial charge in [-0.2, -0.15) is 0 Å². The van der Waals surface area contributed by atoms with Gasteiger partial charge in [0, 0.05) is 25.7 Å². The summed E-state index contributed by atoms with van der Waals surface area (Å²) >= 11 is 0. The first-order chi connectivity index (χ1) is 16.7. The van der Waals surface area contributed by atoms with E-state index in [0.717, 1.165) is 38.5 Å². The highest BCUT2D eigenvalue weighted by Gasteiger charge is 2.80. The first-order valence-electron chi connectivity index (χ1n) is 13.5. The topological polar surface area (TPSA) is 107 Å². The van der Waals surface area contributed by atoms with Crippen molar-refractivity contribution in [1.29, 1.82) is 0 Å². The third-order valence-electron chi connectivity index (χ3n) is 9.25. The third-order valence-corrected chi connectivity index (χ3v) is 9.25. The molecule has 0 radical (unpaired) electrons. The van der Waals surface area contributed by atoms with Crippen molar-refractivity contribution < 1.29 is 29.3 Å². The number of rotatable bonds is 11. The summed E-state index contributed by atoms with van der Waals surface area (Å²) in [5.74, 6) is -3.28. The van der Waals surface area contributed by atoms with Gasteiger partial charge in [-0.3, -0.25) is 14.4 Å². The van der Waals surface area contributed by atoms with Gasteiger partial charge in [0.1, 0.15) is 17.6 Å². The van der Waals surface area contributed by atoms with Crippen LogP contribution in [0.5, 0.6) is 0 Å². The molecule has 6 atom stereocenters. The molecule has 2 N–H and O–H groups in total. The number of aliphatic hydroxyl groups is 1. The van der Waals surface area contributed by atoms with Gasteiger partial charge < -0.3 is 24.7 Å². The van der Waals surface area contributed by atoms with Crippen molar-refractivity contribution in [3.8, 4) is 0 Å². The predicted octanol–water partition coefficient (Wildman–Crippen LogP) is 2.98. The van der Waals surface area contributed by atoms with E-state index in [-0.39, 0.29) is 30.4 Å². The standard InChI is InChI=1S/C27H42N2O6/c1-4-14-28(19-12-8-7-9-13-19)24(32)22-27-17-18(2)26(3,35-27)21(25(33)34)20(27)23(31)29(22)15-10-5-6-11-16-30/h4,18-22,30H,1,5-17H2,2-3H3,(H,33,34)/t18?,20-,21-,22?,26+,27?/m0/s1. The van der Waals surface area contributed by atoms with Crippen LogP contribution in [0.4, 0.5) is 0 Å². The van der Waals surface area contributed by atoms with Crippen LogP contribution in [0.25, 0.3) is 0 Å². The largest absolute Gasteiger partial charge is 0.481 e. The Kier molecular flexibility index (Phi) is 7.62. The number of carbonyl (C=O) groups is 3. The Labute approximate surface area is 208 Å². The molecule has 35 heavy (non-hydrogen) atoms. The van der Waals surface area contributed by atoms with Crippen LogP contribution in [-0.4, -0.2) is 80.8 Å². The van der Waals surface area contributed by atoms with E-state index in [2.05, 4.69) is 6.58 Å². The molecule has 3 heterocycles. The van der Waals surface area contributed by atoms with E-state index in [1.807, 2.05) is 11.8 Å². The zero-order valence-electron chi connectivity index (χ0n) is 21.3. The maximum Gasteiger partial charge on any atom is 0.310 e. The molecule has 0 aromatic rings. The Morgan fingerprint density at radius 3 is 2.51 bits per heavy atom. The average Bonchev–Trinajstić information content (AvgIpc) is 3.34. The van der Waals surface area contributed by atoms with E-state index in [9.17, 15) is 19.5 Å². The van der Waals surface area contributed by atoms with Gasteiger partial charge in [-0.25, -0.2) is 0 Å². The average molecular weight is 491 g/mol. The van der Waals surface area contributed by atoms with Crippen molar-refractivity contribution in [2.24, 2.45) is 17.8 Å². The minimum Gasteiger partial charge on any atom is -0.481 e. The Morgan fingerprint density at radius 1 is 1.20 bits per heavy atom. The molecule has 8 heteroatoms. The van der Waals surface area contributed by atoms with Gasteiger partial charge in [-0.15, -0.1) is 6.58 Å². The molecule has 4 fully saturated rings. The minimum absolute atomic E-state index is 0.0741. The summed E-state index contributed by atoms with van der Waals surface area (Å²) in [6.07, 6.45) is 10.5. The maximum absolute atomic E-state index is 14.4. The smallest absolute Gasteiger partial charge is 0.310 e. The van der Waals surface area contributed by atoms with Crippen LogP contribution in [-0.2, 0) is 19.1 Å². The van der Waals surface area contributed by atoms with Gasteiger partial charge in [-0.05, 0) is 44.9 Å². The van der Waals surface area contributed by atoms with Crippen LogP contribution >= 0.6 is 0 Å². The van der Waals surface area contributed by atoms with E-state index in [1.54, 1.807) is 17.9 Å². The monoisotopic (exact) mass is 490 g/mol. The van der Waals surface area contributed by atoms with Crippen LogP contribution in [0.2, 0.25) is 0 Å². The highest BCUT2D eigenvalue weighted by atomic mass is 16.5. The molecular weight excluding hydrogens is 448 g/mol. The molecule has 2 amide bonds. The highest BCUT2D eigenvalue weighted by Crippen LogP contribution is 2.65. The zero-order chi connectivity index (χ0) is 25.4. The maximum atomic E-state index is 14.4. The third kappa shape index (κ3) is 4.20. The molecule has 4 aliphatic rings. The predicted molar refractivity (Wildman–Crippen MR) is 130 cm³/mol. The van der Waals surface area contributed by atoms with E-state index < -0.39 is 35.0 Å². The molecule has 0 aromatic heterocycles. The summed E-state index contributed by atoms with van der Waals surface area (Å²) in [7, 11) is 0. The number of likely N-dealkylation sites (tertiary alicyclic amines) is 1. The van der Waals surface area contributed by atoms with E-state index in [0.29, 0.717) is 32.4 Å². The van der Waals surface area contributed by atoms with Crippen LogP contribution in [0, 0.1) is 17.8 Å². The summed E-state index contributed by atoms with van der Waals surface area (Å²) in [6.45, 7) is 8.61. The first-order valence-corrected chi connectivity index (χ1v) is 13.5. The van der Waals surface area contributed by atoms with Crippen molar-refractivity contribution in [2.45, 2.75) is 101 Å². The second-order valence-electron chi connectivity index (χ2n) is 11.3. The lowest BCUT2D eigenvalue weighted by molar-refractivity contribution is -0.158. The van der Waals surface area contributed by atoms with Crippen molar-refractivity contribution in [3.63, 3.8) is 0 Å². The molecular formula is C27H42N2O6. The van der Waals surface area contributed by atoms with Gasteiger partial charge in [0.05, 0.1) is 11.5 Å². The Hall–Kier alpha value is -1.93. The number of amides is 2. The zero-order valence-corrected chi connectivity index (χ0v) is 21.3. The number of aliphatic hydroxyl groups excluding tert-OH is 1. The molecule has 4 rings (SSSR count). The molecule has 196 valence electrons. The van der Waals surface area contributed by atoms with Crippen LogP contribution < -0.4 is 0 Å². The quantitative estimate of drug-likeness (QED) is 0.341. The number of carboxylic acid groups (broad SMARTS) is 1. The fraction of sp³-hybridized carbons (Fsp3) is 0.815. The SMILES string of the molecule is C=CCN(C(=O)C1N(CCCCCCO)C(=O)[C@@H]2[C@@H](C(=O)O)[C@]3(C)OC12CC3C)C1CCCCC1. The molecule has 1 spiro atoms. The number of unbranched alkanes of at least 4 members (excludes halogenated alkanes) is 3. The van der Waals surface area contributed by atoms with E-state index in [4.69, 9.17) is 9.84 Å². The number of carboxylic acids is 1. The van der Waals surface area contributed by atoms with E-state index >= 15 is 0 Å². The van der Waals surface area contributed by atoms with Gasteiger partial charge in [0.15, 0.2) is 0 Å². The van der Waals surface area contributed by atoms with Gasteiger partial charge in [0.2, 0.25) is 11.8 Å². The van der Waals surface area contributed by atoms with Crippen molar-refractivity contribution in [3.05, 3.63) is 12.7 Å². The van der Waals surface area contributed by atoms with Crippen LogP contribution in [0.1, 0.15) is 78.1 Å². The molecule has 3 aliphatic heterocycles. The number of ether oxygens (including phenoxy) is 1. The summed E-state index contributed by atoms with van der Waals surface area (Å²) < 4.78 is 6.60. The molecule has 2 bridgehead atoms. The van der Waals surface area contributed by atoms with Crippen LogP contribution in [0.3, 0.4) is 0 Å². The summed E-state index contributed by atoms with van der Waals surface area (Å²) in [6, 6.07) is -0.707. The van der Waals surface area contributed by atoms with Crippen molar-refractivity contribution >= 4 is 17.8 Å². The summed E-state index contributed by atoms with van der Waals surface area (Å²) in [5.41, 5.74) is -2.07. The van der Waals surface area contributed by atoms with Gasteiger partial charge >= 0.3 is 5.97 Å². The first kappa shape index (κ1) is 26.1. The fourth-order valence-corrected chi connectivity index (χ4v) is 7.49. The Bertz CT molecular complexity index is 842. The lowest BCUT2D eigenvalue weighted by atomic mass is 9.62. The number of carbonyl (C=O) groups excluding carboxylic acids is 2. The molecule has 1 aliphatic carbocycles. The summed E-state index contributed by atoms with van der Waals surface area (Å²) in [5, 5.41) is 19.3. The second kappa shape index (κ2) is 10.2. The second-order valence-corrected chi connectivity index (χ2v) is 11.3. The molecule has 3 saturated heterocycles. The van der Waals surface area contributed by atoms with E-state index in [1.165, 1.54) is 6.42 Å². The number of hydrogen-bond acceptors (Lipinski definition) is 5. The van der Waals surface area contributed by atoms with Gasteiger partial charge in [-0.1, -0.05) is 45.1 Å². The summed E-state index contributed by atoms with van der Waals surface area (Å²) in [4.78, 5) is 44.2. The Morgan fingerprint density at radius 2 is 1.89 bits per heavy atom. The molecule has 3 unspecified atom stereocenters. The number of aliphatic carboxylic acids is 1. The number of hydrogen-bond donors (Lipinski definition) is 2. The lowest BCUT2D eigenvalue weighted by Gasteiger charge is -2.41. The molecule has 0 aromatic carbocycles. The van der Waals surface area contributed by atoms with Crippen molar-refractivity contribution in [2.75, 3.05) is 19.7 Å². The van der Waals surface area contributed by atoms with Crippen molar-refractivity contribution in [1.82, 2.24) is 9.80 Å². The van der Waals surface area contributed by atoms with Gasteiger partial charge in [0.25, 0.3) is 0 Å². The normalized spacial score (nSPS) is 36.4.